The van der Waals surface area contributed by atoms with E-state index in [1.807, 2.05) is 6.07 Å². The molecule has 1 aromatic heterocycles. The lowest BCUT2D eigenvalue weighted by Gasteiger charge is -2.32. The van der Waals surface area contributed by atoms with Gasteiger partial charge in [-0.05, 0) is 57.0 Å². The van der Waals surface area contributed by atoms with Crippen LogP contribution in [0.25, 0.3) is 11.1 Å². The van der Waals surface area contributed by atoms with Gasteiger partial charge in [0.15, 0.2) is 5.58 Å². The number of hydrogen-bond donors (Lipinski definition) is 2. The summed E-state index contributed by atoms with van der Waals surface area (Å²) in [4.78, 5) is 19.2. The standard InChI is InChI=1S/C18H23ClN4O2.2ClH/c19-13-3-4-16-15(10-13)22-18(25-16)23-9-1-2-12(11-23)17(24)21-14-5-7-20-8-6-14;;/h3-4,10,12,14,20H,1-2,5-9,11H2,(H,21,24);2*1H. The van der Waals surface area contributed by atoms with E-state index in [1.165, 1.54) is 0 Å². The first kappa shape index (κ1) is 22.1. The highest BCUT2D eigenvalue weighted by Crippen LogP contribution is 2.28. The second kappa shape index (κ2) is 9.82. The van der Waals surface area contributed by atoms with Gasteiger partial charge in [0.1, 0.15) is 5.52 Å². The van der Waals surface area contributed by atoms with Gasteiger partial charge in [-0.1, -0.05) is 11.6 Å². The first-order valence-corrected chi connectivity index (χ1v) is 9.39. The summed E-state index contributed by atoms with van der Waals surface area (Å²) in [5.41, 5.74) is 1.48. The normalized spacial score (nSPS) is 20.6. The molecule has 2 saturated heterocycles. The van der Waals surface area contributed by atoms with Gasteiger partial charge >= 0.3 is 0 Å². The van der Waals surface area contributed by atoms with Gasteiger partial charge < -0.3 is 20.0 Å². The number of anilines is 1. The van der Waals surface area contributed by atoms with Crippen LogP contribution in [-0.4, -0.2) is 43.1 Å². The Balaban J connectivity index is 0.00000131. The third-order valence-electron chi connectivity index (χ3n) is 5.09. The molecular formula is C18H25Cl3N4O2. The van der Waals surface area contributed by atoms with E-state index in [9.17, 15) is 4.79 Å². The quantitative estimate of drug-likeness (QED) is 0.773. The van der Waals surface area contributed by atoms with Crippen molar-refractivity contribution in [2.24, 2.45) is 5.92 Å². The molecule has 2 aliphatic heterocycles. The lowest BCUT2D eigenvalue weighted by atomic mass is 9.96. The number of rotatable bonds is 3. The van der Waals surface area contributed by atoms with Gasteiger partial charge in [0.2, 0.25) is 5.91 Å². The average molecular weight is 436 g/mol. The van der Waals surface area contributed by atoms with Gasteiger partial charge in [-0.25, -0.2) is 0 Å². The summed E-state index contributed by atoms with van der Waals surface area (Å²) in [5.74, 6) is 0.151. The van der Waals surface area contributed by atoms with Gasteiger partial charge in [-0.3, -0.25) is 4.79 Å². The number of nitrogens with zero attached hydrogens (tertiary/aromatic N) is 2. The Kier molecular flexibility index (Phi) is 8.04. The largest absolute Gasteiger partial charge is 0.423 e. The number of hydrogen-bond acceptors (Lipinski definition) is 5. The van der Waals surface area contributed by atoms with Crippen molar-refractivity contribution >= 4 is 59.4 Å². The smallest absolute Gasteiger partial charge is 0.298 e. The summed E-state index contributed by atoms with van der Waals surface area (Å²) < 4.78 is 5.86. The van der Waals surface area contributed by atoms with Crippen LogP contribution in [0.1, 0.15) is 25.7 Å². The fraction of sp³-hybridized carbons (Fsp3) is 0.556. The lowest BCUT2D eigenvalue weighted by molar-refractivity contribution is -0.126. The molecule has 2 aromatic rings. The summed E-state index contributed by atoms with van der Waals surface area (Å²) >= 11 is 6.02. The van der Waals surface area contributed by atoms with E-state index in [1.54, 1.807) is 12.1 Å². The van der Waals surface area contributed by atoms with Crippen LogP contribution in [0.5, 0.6) is 0 Å². The molecular weight excluding hydrogens is 411 g/mol. The monoisotopic (exact) mass is 434 g/mol. The molecule has 0 radical (unpaired) electrons. The predicted molar refractivity (Wildman–Crippen MR) is 112 cm³/mol. The zero-order valence-corrected chi connectivity index (χ0v) is 17.3. The highest BCUT2D eigenvalue weighted by molar-refractivity contribution is 6.31. The number of halogens is 3. The van der Waals surface area contributed by atoms with Crippen LogP contribution in [-0.2, 0) is 4.79 Å². The lowest BCUT2D eigenvalue weighted by Crippen LogP contribution is -2.48. The van der Waals surface area contributed by atoms with E-state index in [0.29, 0.717) is 23.6 Å². The van der Waals surface area contributed by atoms with Crippen LogP contribution < -0.4 is 15.5 Å². The summed E-state index contributed by atoms with van der Waals surface area (Å²) in [7, 11) is 0. The van der Waals surface area contributed by atoms with Gasteiger partial charge in [-0.15, -0.1) is 24.8 Å². The first-order valence-electron chi connectivity index (χ1n) is 9.01. The van der Waals surface area contributed by atoms with E-state index in [0.717, 1.165) is 56.4 Å². The van der Waals surface area contributed by atoms with E-state index in [2.05, 4.69) is 20.5 Å². The fourth-order valence-electron chi connectivity index (χ4n) is 3.67. The molecule has 150 valence electrons. The molecule has 1 atom stereocenters. The molecule has 6 nitrogen and oxygen atoms in total. The molecule has 27 heavy (non-hydrogen) atoms. The van der Waals surface area contributed by atoms with Gasteiger partial charge in [0.25, 0.3) is 6.01 Å². The van der Waals surface area contributed by atoms with E-state index < -0.39 is 0 Å². The van der Waals surface area contributed by atoms with Gasteiger partial charge in [0, 0.05) is 24.2 Å². The first-order chi connectivity index (χ1) is 12.2. The van der Waals surface area contributed by atoms with Crippen molar-refractivity contribution in [3.63, 3.8) is 0 Å². The number of fused-ring (bicyclic) bond motifs is 1. The van der Waals surface area contributed by atoms with Crippen LogP contribution in [0.4, 0.5) is 6.01 Å². The molecule has 3 heterocycles. The molecule has 0 spiro atoms. The molecule has 0 saturated carbocycles. The molecule has 1 amide bonds. The summed E-state index contributed by atoms with van der Waals surface area (Å²) in [5, 5.41) is 7.19. The maximum Gasteiger partial charge on any atom is 0.298 e. The zero-order chi connectivity index (χ0) is 17.2. The van der Waals surface area contributed by atoms with Crippen molar-refractivity contribution in [3.05, 3.63) is 23.2 Å². The second-order valence-electron chi connectivity index (χ2n) is 6.93. The number of aromatic nitrogens is 1. The number of benzene rings is 1. The van der Waals surface area contributed by atoms with E-state index in [4.69, 9.17) is 16.0 Å². The minimum atomic E-state index is -0.0118. The van der Waals surface area contributed by atoms with E-state index in [-0.39, 0.29) is 36.6 Å². The predicted octanol–water partition coefficient (Wildman–Crippen LogP) is 3.41. The van der Waals surface area contributed by atoms with Crippen molar-refractivity contribution in [3.8, 4) is 0 Å². The Bertz CT molecular complexity index is 764. The summed E-state index contributed by atoms with van der Waals surface area (Å²) in [6.45, 7) is 3.47. The average Bonchev–Trinajstić information content (AvgIpc) is 3.06. The molecule has 2 aliphatic rings. The Morgan fingerprint density at radius 1 is 1.26 bits per heavy atom. The number of nitrogens with one attached hydrogen (secondary N) is 2. The molecule has 2 fully saturated rings. The molecule has 1 unspecified atom stereocenters. The van der Waals surface area contributed by atoms with Crippen molar-refractivity contribution in [2.45, 2.75) is 31.7 Å². The molecule has 0 aliphatic carbocycles. The third kappa shape index (κ3) is 5.19. The van der Waals surface area contributed by atoms with Crippen LogP contribution in [0, 0.1) is 5.92 Å². The number of carbonyl (C=O) groups excluding carboxylic acids is 1. The molecule has 0 bridgehead atoms. The number of carbonyl (C=O) groups is 1. The van der Waals surface area contributed by atoms with Crippen molar-refractivity contribution in [1.29, 1.82) is 0 Å². The van der Waals surface area contributed by atoms with Crippen LogP contribution in [0.3, 0.4) is 0 Å². The number of amides is 1. The van der Waals surface area contributed by atoms with Crippen LogP contribution in [0.2, 0.25) is 5.02 Å². The Morgan fingerprint density at radius 2 is 2.04 bits per heavy atom. The maximum atomic E-state index is 12.6. The van der Waals surface area contributed by atoms with Gasteiger partial charge in [0.05, 0.1) is 5.92 Å². The third-order valence-corrected chi connectivity index (χ3v) is 5.32. The van der Waals surface area contributed by atoms with E-state index >= 15 is 0 Å². The van der Waals surface area contributed by atoms with Crippen LogP contribution in [0.15, 0.2) is 22.6 Å². The highest BCUT2D eigenvalue weighted by atomic mass is 35.5. The topological polar surface area (TPSA) is 70.4 Å². The zero-order valence-electron chi connectivity index (χ0n) is 14.9. The Hall–Kier alpha value is -1.21. The number of piperidine rings is 2. The van der Waals surface area contributed by atoms with Crippen molar-refractivity contribution < 1.29 is 9.21 Å². The van der Waals surface area contributed by atoms with Gasteiger partial charge in [-0.2, -0.15) is 4.98 Å². The minimum absolute atomic E-state index is 0. The SMILES string of the molecule is Cl.Cl.O=C(NC1CCNCC1)C1CCCN(c2nc3cc(Cl)ccc3o2)C1. The minimum Gasteiger partial charge on any atom is -0.423 e. The molecule has 4 rings (SSSR count). The number of oxazole rings is 1. The van der Waals surface area contributed by atoms with Crippen LogP contribution >= 0.6 is 36.4 Å². The van der Waals surface area contributed by atoms with Crippen molar-refractivity contribution in [1.82, 2.24) is 15.6 Å². The highest BCUT2D eigenvalue weighted by Gasteiger charge is 2.29. The Labute approximate surface area is 176 Å². The molecule has 2 N–H and O–H groups in total. The molecule has 1 aromatic carbocycles. The Morgan fingerprint density at radius 3 is 2.81 bits per heavy atom. The summed E-state index contributed by atoms with van der Waals surface area (Å²) in [6.07, 6.45) is 3.89. The summed E-state index contributed by atoms with van der Waals surface area (Å²) in [6, 6.07) is 6.31. The second-order valence-corrected chi connectivity index (χ2v) is 7.36. The van der Waals surface area contributed by atoms with Crippen molar-refractivity contribution in [2.75, 3.05) is 31.1 Å². The fourth-order valence-corrected chi connectivity index (χ4v) is 3.84. The maximum absolute atomic E-state index is 12.6. The molecule has 9 heteroatoms.